The molecule has 0 unspecified atom stereocenters. The fourth-order valence-corrected chi connectivity index (χ4v) is 8.03. The summed E-state index contributed by atoms with van der Waals surface area (Å²) < 4.78 is 6.73. The summed E-state index contributed by atoms with van der Waals surface area (Å²) in [7, 11) is 0. The summed E-state index contributed by atoms with van der Waals surface area (Å²) in [6, 6.07) is 65.8. The maximum Gasteiger partial charge on any atom is 0.164 e. The van der Waals surface area contributed by atoms with Crippen LogP contribution in [-0.4, -0.2) is 15.0 Å². The Morgan fingerprint density at radius 3 is 1.69 bits per heavy atom. The molecule has 0 aliphatic carbocycles. The lowest BCUT2D eigenvalue weighted by molar-refractivity contribution is 0.673. The van der Waals surface area contributed by atoms with Crippen LogP contribution in [0.15, 0.2) is 192 Å². The van der Waals surface area contributed by atoms with Gasteiger partial charge in [-0.3, -0.25) is 0 Å². The van der Waals surface area contributed by atoms with E-state index in [0.29, 0.717) is 17.5 Å². The topological polar surface area (TPSA) is 51.8 Å². The molecule has 4 heteroatoms. The SMILES string of the molecule is c1ccc(-c2ccc3cc(-c4ccc(-c5nc(-c6ccccc6)nc(-c6ccc7ccccc7c6)n5)c5ccccc45)c4c5ccccc5oc4c3c2)cc1. The second kappa shape index (κ2) is 12.6. The number of furan rings is 1. The summed E-state index contributed by atoms with van der Waals surface area (Å²) in [5.74, 6) is 1.90. The molecule has 0 amide bonds. The zero-order valence-electron chi connectivity index (χ0n) is 29.6. The summed E-state index contributed by atoms with van der Waals surface area (Å²) in [5.41, 5.74) is 9.18. The van der Waals surface area contributed by atoms with Gasteiger partial charge >= 0.3 is 0 Å². The minimum atomic E-state index is 0.630. The molecule has 55 heavy (non-hydrogen) atoms. The predicted molar refractivity (Wildman–Crippen MR) is 227 cm³/mol. The smallest absolute Gasteiger partial charge is 0.164 e. The number of para-hydroxylation sites is 1. The van der Waals surface area contributed by atoms with Crippen molar-refractivity contribution in [1.82, 2.24) is 15.0 Å². The van der Waals surface area contributed by atoms with Crippen molar-refractivity contribution in [3.63, 3.8) is 0 Å². The van der Waals surface area contributed by atoms with Gasteiger partial charge < -0.3 is 4.42 Å². The number of aromatic nitrogens is 3. The van der Waals surface area contributed by atoms with Crippen molar-refractivity contribution in [2.24, 2.45) is 0 Å². The van der Waals surface area contributed by atoms with Crippen molar-refractivity contribution in [2.75, 3.05) is 0 Å². The standard InChI is InChI=1S/C51H31N3O/c1-3-13-32(14-4-1)36-24-25-37-31-45(47-43-21-11-12-22-46(43)55-48(47)44(37)30-36)41-27-28-42(40-20-10-9-19-39(40)41)51-53-49(34-16-5-2-6-17-34)52-50(54-51)38-26-23-33-15-7-8-18-35(33)29-38/h1-31H. The van der Waals surface area contributed by atoms with Crippen molar-refractivity contribution in [1.29, 1.82) is 0 Å². The molecule has 0 aliphatic rings. The Morgan fingerprint density at radius 2 is 0.891 bits per heavy atom. The average molecular weight is 702 g/mol. The molecule has 9 aromatic carbocycles. The van der Waals surface area contributed by atoms with Gasteiger partial charge in [0.25, 0.3) is 0 Å². The molecule has 4 nitrogen and oxygen atoms in total. The molecule has 0 spiro atoms. The molecular formula is C51H31N3O. The second-order valence-electron chi connectivity index (χ2n) is 14.0. The fraction of sp³-hybridized carbons (Fsp3) is 0. The van der Waals surface area contributed by atoms with Gasteiger partial charge in [0.05, 0.1) is 0 Å². The second-order valence-corrected chi connectivity index (χ2v) is 14.0. The lowest BCUT2D eigenvalue weighted by Crippen LogP contribution is -2.01. The van der Waals surface area contributed by atoms with E-state index >= 15 is 0 Å². The van der Waals surface area contributed by atoms with E-state index in [-0.39, 0.29) is 0 Å². The highest BCUT2D eigenvalue weighted by molar-refractivity contribution is 6.23. The number of rotatable bonds is 5. The Morgan fingerprint density at radius 1 is 0.309 bits per heavy atom. The zero-order valence-corrected chi connectivity index (χ0v) is 29.6. The highest BCUT2D eigenvalue weighted by atomic mass is 16.3. The molecule has 0 aliphatic heterocycles. The van der Waals surface area contributed by atoms with E-state index in [1.807, 2.05) is 36.4 Å². The first-order chi connectivity index (χ1) is 27.2. The Balaban J connectivity index is 1.14. The molecular weight excluding hydrogens is 671 g/mol. The summed E-state index contributed by atoms with van der Waals surface area (Å²) in [5, 5.41) is 8.92. The number of hydrogen-bond acceptors (Lipinski definition) is 4. The molecule has 0 N–H and O–H groups in total. The highest BCUT2D eigenvalue weighted by Crippen LogP contribution is 2.45. The van der Waals surface area contributed by atoms with E-state index < -0.39 is 0 Å². The van der Waals surface area contributed by atoms with Gasteiger partial charge in [-0.1, -0.05) is 158 Å². The number of fused-ring (bicyclic) bond motifs is 7. The zero-order chi connectivity index (χ0) is 36.3. The minimum absolute atomic E-state index is 0.630. The number of nitrogens with zero attached hydrogens (tertiary/aromatic N) is 3. The third-order valence-corrected chi connectivity index (χ3v) is 10.7. The van der Waals surface area contributed by atoms with Gasteiger partial charge in [-0.25, -0.2) is 15.0 Å². The molecule has 0 saturated carbocycles. The predicted octanol–water partition coefficient (Wildman–Crippen LogP) is 13.6. The first-order valence-corrected chi connectivity index (χ1v) is 18.5. The van der Waals surface area contributed by atoms with Crippen molar-refractivity contribution in [3.05, 3.63) is 188 Å². The Bertz CT molecular complexity index is 3260. The van der Waals surface area contributed by atoms with Gasteiger partial charge in [-0.2, -0.15) is 0 Å². The molecule has 0 bridgehead atoms. The van der Waals surface area contributed by atoms with Crippen molar-refractivity contribution < 1.29 is 4.42 Å². The normalized spacial score (nSPS) is 11.6. The van der Waals surface area contributed by atoms with Gasteiger partial charge in [0.1, 0.15) is 11.2 Å². The maximum absolute atomic E-state index is 6.73. The van der Waals surface area contributed by atoms with E-state index in [0.717, 1.165) is 82.3 Å². The first-order valence-electron chi connectivity index (χ1n) is 18.5. The van der Waals surface area contributed by atoms with Crippen molar-refractivity contribution in [2.45, 2.75) is 0 Å². The Kier molecular flexibility index (Phi) is 7.14. The van der Waals surface area contributed by atoms with Crippen molar-refractivity contribution in [3.8, 4) is 56.4 Å². The quantitative estimate of drug-likeness (QED) is 0.179. The Labute approximate surface area is 317 Å². The van der Waals surface area contributed by atoms with Crippen LogP contribution in [0.4, 0.5) is 0 Å². The monoisotopic (exact) mass is 701 g/mol. The average Bonchev–Trinajstić information content (AvgIpc) is 3.66. The van der Waals surface area contributed by atoms with Crippen LogP contribution in [-0.2, 0) is 0 Å². The third kappa shape index (κ3) is 5.26. The molecule has 0 atom stereocenters. The van der Waals surface area contributed by atoms with E-state index in [2.05, 4.69) is 152 Å². The van der Waals surface area contributed by atoms with Crippen LogP contribution in [0.5, 0.6) is 0 Å². The van der Waals surface area contributed by atoms with Crippen LogP contribution in [0.25, 0.3) is 111 Å². The summed E-state index contributed by atoms with van der Waals surface area (Å²) in [6.45, 7) is 0. The maximum atomic E-state index is 6.73. The molecule has 11 aromatic rings. The van der Waals surface area contributed by atoms with Gasteiger partial charge in [-0.05, 0) is 79.5 Å². The van der Waals surface area contributed by atoms with Crippen LogP contribution in [0, 0.1) is 0 Å². The van der Waals surface area contributed by atoms with Gasteiger partial charge in [0.2, 0.25) is 0 Å². The van der Waals surface area contributed by atoms with Gasteiger partial charge in [-0.15, -0.1) is 0 Å². The van der Waals surface area contributed by atoms with Crippen LogP contribution in [0.3, 0.4) is 0 Å². The van der Waals surface area contributed by atoms with E-state index in [4.69, 9.17) is 19.4 Å². The number of benzene rings is 9. The van der Waals surface area contributed by atoms with Crippen LogP contribution >= 0.6 is 0 Å². The van der Waals surface area contributed by atoms with E-state index in [9.17, 15) is 0 Å². The first kappa shape index (κ1) is 31.1. The van der Waals surface area contributed by atoms with Crippen LogP contribution in [0.1, 0.15) is 0 Å². The molecule has 0 radical (unpaired) electrons. The van der Waals surface area contributed by atoms with Crippen molar-refractivity contribution >= 4 is 54.3 Å². The molecule has 256 valence electrons. The summed E-state index contributed by atoms with van der Waals surface area (Å²) >= 11 is 0. The van der Waals surface area contributed by atoms with Crippen LogP contribution < -0.4 is 0 Å². The lowest BCUT2D eigenvalue weighted by atomic mass is 9.89. The molecule has 2 heterocycles. The molecule has 2 aromatic heterocycles. The highest BCUT2D eigenvalue weighted by Gasteiger charge is 2.21. The Hall–Kier alpha value is -7.43. The number of hydrogen-bond donors (Lipinski definition) is 0. The minimum Gasteiger partial charge on any atom is -0.455 e. The summed E-state index contributed by atoms with van der Waals surface area (Å²) in [6.07, 6.45) is 0. The molecule has 11 rings (SSSR count). The summed E-state index contributed by atoms with van der Waals surface area (Å²) in [4.78, 5) is 15.3. The largest absolute Gasteiger partial charge is 0.455 e. The van der Waals surface area contributed by atoms with Gasteiger partial charge in [0.15, 0.2) is 17.5 Å². The lowest BCUT2D eigenvalue weighted by Gasteiger charge is -2.15. The third-order valence-electron chi connectivity index (χ3n) is 10.7. The fourth-order valence-electron chi connectivity index (χ4n) is 8.03. The van der Waals surface area contributed by atoms with E-state index in [1.54, 1.807) is 0 Å². The van der Waals surface area contributed by atoms with Crippen LogP contribution in [0.2, 0.25) is 0 Å². The molecule has 0 saturated heterocycles. The molecule has 0 fully saturated rings. The van der Waals surface area contributed by atoms with Gasteiger partial charge in [0, 0.05) is 32.8 Å². The van der Waals surface area contributed by atoms with E-state index in [1.165, 1.54) is 10.9 Å².